The van der Waals surface area contributed by atoms with Gasteiger partial charge < -0.3 is 9.47 Å². The summed E-state index contributed by atoms with van der Waals surface area (Å²) in [6, 6.07) is 6.66. The van der Waals surface area contributed by atoms with Gasteiger partial charge >= 0.3 is 0 Å². The van der Waals surface area contributed by atoms with Crippen LogP contribution in [-0.2, 0) is 11.2 Å². The van der Waals surface area contributed by atoms with E-state index in [-0.39, 0.29) is 24.8 Å². The highest BCUT2D eigenvalue weighted by Crippen LogP contribution is 2.61. The van der Waals surface area contributed by atoms with Crippen molar-refractivity contribution in [2.24, 2.45) is 17.3 Å². The van der Waals surface area contributed by atoms with Gasteiger partial charge in [-0.1, -0.05) is 13.0 Å². The van der Waals surface area contributed by atoms with Gasteiger partial charge in [0.15, 0.2) is 0 Å². The number of benzene rings is 1. The highest BCUT2D eigenvalue weighted by Gasteiger charge is 2.55. The van der Waals surface area contributed by atoms with E-state index in [2.05, 4.69) is 25.1 Å². The largest absolute Gasteiger partial charge is 0.497 e. The zero-order valence-corrected chi connectivity index (χ0v) is 14.9. The van der Waals surface area contributed by atoms with E-state index < -0.39 is 0 Å². The van der Waals surface area contributed by atoms with Crippen LogP contribution in [0.2, 0.25) is 0 Å². The number of methoxy groups -OCH3 is 1. The summed E-state index contributed by atoms with van der Waals surface area (Å²) >= 11 is 0. The first-order chi connectivity index (χ1) is 11.7. The first kappa shape index (κ1) is 16.4. The van der Waals surface area contributed by atoms with Gasteiger partial charge in [-0.15, -0.1) is 0 Å². The topological polar surface area (TPSA) is 18.5 Å². The predicted molar refractivity (Wildman–Crippen MR) is 93.3 cm³/mol. The van der Waals surface area contributed by atoms with Gasteiger partial charge in [0.25, 0.3) is 0 Å². The molecular weight excluding hydrogens is 303 g/mol. The Balaban J connectivity index is 1.58. The molecule has 5 atom stereocenters. The van der Waals surface area contributed by atoms with Crippen molar-refractivity contribution < 1.29 is 13.9 Å². The van der Waals surface area contributed by atoms with E-state index in [9.17, 15) is 4.39 Å². The number of ether oxygens (including phenoxy) is 2. The van der Waals surface area contributed by atoms with Gasteiger partial charge in [-0.3, -0.25) is 0 Å². The number of aryl methyl sites for hydroxylation is 1. The lowest BCUT2D eigenvalue weighted by Crippen LogP contribution is -2.44. The number of hydrogen-bond acceptors (Lipinski definition) is 2. The molecule has 0 radical (unpaired) electrons. The molecule has 24 heavy (non-hydrogen) atoms. The summed E-state index contributed by atoms with van der Waals surface area (Å²) in [5.41, 5.74) is 3.30. The van der Waals surface area contributed by atoms with Crippen molar-refractivity contribution in [3.8, 4) is 5.75 Å². The fourth-order valence-corrected chi connectivity index (χ4v) is 6.10. The van der Waals surface area contributed by atoms with Crippen LogP contribution in [0.15, 0.2) is 18.2 Å². The molecule has 0 heterocycles. The lowest BCUT2D eigenvalue weighted by Gasteiger charge is -2.50. The van der Waals surface area contributed by atoms with E-state index in [0.717, 1.165) is 30.4 Å². The van der Waals surface area contributed by atoms with Gasteiger partial charge in [0.05, 0.1) is 19.8 Å². The standard InChI is InChI=1S/C21H29FO2/c1-21-10-9-17-16-6-4-15(23-2)13-14(16)3-5-18(17)19(21)7-8-20(21)24-12-11-22/h4,6,13,17-20H,3,5,7-12H2,1-2H3. The van der Waals surface area contributed by atoms with Crippen molar-refractivity contribution in [1.82, 2.24) is 0 Å². The molecule has 0 N–H and O–H groups in total. The molecule has 1 aromatic rings. The molecule has 3 heteroatoms. The number of halogens is 1. The molecule has 3 aliphatic carbocycles. The summed E-state index contributed by atoms with van der Waals surface area (Å²) in [5.74, 6) is 3.17. The van der Waals surface area contributed by atoms with Crippen molar-refractivity contribution in [3.05, 3.63) is 29.3 Å². The molecule has 2 nitrogen and oxygen atoms in total. The Labute approximate surface area is 144 Å². The highest BCUT2D eigenvalue weighted by molar-refractivity contribution is 5.40. The first-order valence-electron chi connectivity index (χ1n) is 9.51. The minimum atomic E-state index is -0.363. The van der Waals surface area contributed by atoms with E-state index in [4.69, 9.17) is 9.47 Å². The third-order valence-electron chi connectivity index (χ3n) is 7.24. The Kier molecular flexibility index (Phi) is 4.32. The molecule has 0 aliphatic heterocycles. The molecule has 132 valence electrons. The average molecular weight is 332 g/mol. The van der Waals surface area contributed by atoms with Gasteiger partial charge in [0, 0.05) is 0 Å². The highest BCUT2D eigenvalue weighted by atomic mass is 19.1. The monoisotopic (exact) mass is 332 g/mol. The first-order valence-corrected chi connectivity index (χ1v) is 9.51. The fourth-order valence-electron chi connectivity index (χ4n) is 6.10. The molecule has 5 unspecified atom stereocenters. The van der Waals surface area contributed by atoms with Gasteiger partial charge in [0.2, 0.25) is 0 Å². The zero-order chi connectivity index (χ0) is 16.7. The maximum atomic E-state index is 12.6. The molecule has 2 saturated carbocycles. The van der Waals surface area contributed by atoms with Gasteiger partial charge in [-0.25, -0.2) is 4.39 Å². The Hall–Kier alpha value is -1.09. The summed E-state index contributed by atoms with van der Waals surface area (Å²) in [6.45, 7) is 2.32. The maximum Gasteiger partial charge on any atom is 0.119 e. The van der Waals surface area contributed by atoms with Crippen LogP contribution in [0, 0.1) is 17.3 Å². The number of fused-ring (bicyclic) bond motifs is 5. The van der Waals surface area contributed by atoms with Crippen LogP contribution in [0.5, 0.6) is 5.75 Å². The van der Waals surface area contributed by atoms with E-state index in [1.54, 1.807) is 12.7 Å². The lowest BCUT2D eigenvalue weighted by molar-refractivity contribution is -0.0663. The molecule has 0 spiro atoms. The normalized spacial score (nSPS) is 37.5. The van der Waals surface area contributed by atoms with Crippen molar-refractivity contribution in [3.63, 3.8) is 0 Å². The van der Waals surface area contributed by atoms with Crippen LogP contribution in [0.3, 0.4) is 0 Å². The average Bonchev–Trinajstić information content (AvgIpc) is 2.95. The fraction of sp³-hybridized carbons (Fsp3) is 0.714. The van der Waals surface area contributed by atoms with Gasteiger partial charge in [-0.2, -0.15) is 0 Å². The molecule has 0 aromatic heterocycles. The van der Waals surface area contributed by atoms with Crippen LogP contribution in [-0.4, -0.2) is 26.5 Å². The van der Waals surface area contributed by atoms with E-state index >= 15 is 0 Å². The van der Waals surface area contributed by atoms with Crippen molar-refractivity contribution in [1.29, 1.82) is 0 Å². The second-order valence-corrected chi connectivity index (χ2v) is 8.15. The van der Waals surface area contributed by atoms with Crippen LogP contribution >= 0.6 is 0 Å². The van der Waals surface area contributed by atoms with Crippen LogP contribution in [0.4, 0.5) is 4.39 Å². The molecular formula is C21H29FO2. The van der Waals surface area contributed by atoms with E-state index in [0.29, 0.717) is 5.92 Å². The SMILES string of the molecule is COc1ccc2c(c1)CCC1C2CCC2(C)C(OCCF)CCC12. The van der Waals surface area contributed by atoms with Crippen molar-refractivity contribution in [2.45, 2.75) is 57.5 Å². The summed E-state index contributed by atoms with van der Waals surface area (Å²) in [7, 11) is 1.75. The summed E-state index contributed by atoms with van der Waals surface area (Å²) in [5, 5.41) is 0. The Morgan fingerprint density at radius 2 is 2.08 bits per heavy atom. The minimum absolute atomic E-state index is 0.250. The number of hydrogen-bond donors (Lipinski definition) is 0. The zero-order valence-electron chi connectivity index (χ0n) is 14.9. The second-order valence-electron chi connectivity index (χ2n) is 8.15. The Morgan fingerprint density at radius 1 is 1.21 bits per heavy atom. The van der Waals surface area contributed by atoms with E-state index in [1.165, 1.54) is 31.2 Å². The quantitative estimate of drug-likeness (QED) is 0.780. The van der Waals surface area contributed by atoms with Crippen LogP contribution in [0.1, 0.15) is 56.1 Å². The molecule has 2 fully saturated rings. The Bertz CT molecular complexity index is 602. The van der Waals surface area contributed by atoms with Crippen LogP contribution < -0.4 is 4.74 Å². The Morgan fingerprint density at radius 3 is 2.88 bits per heavy atom. The minimum Gasteiger partial charge on any atom is -0.497 e. The number of alkyl halides is 1. The summed E-state index contributed by atoms with van der Waals surface area (Å²) in [6.07, 6.45) is 7.52. The van der Waals surface area contributed by atoms with Gasteiger partial charge in [-0.05, 0) is 85.0 Å². The van der Waals surface area contributed by atoms with Crippen molar-refractivity contribution >= 4 is 0 Å². The number of rotatable bonds is 4. The molecule has 0 bridgehead atoms. The van der Waals surface area contributed by atoms with Crippen LogP contribution in [0.25, 0.3) is 0 Å². The molecule has 4 rings (SSSR count). The van der Waals surface area contributed by atoms with Gasteiger partial charge in [0.1, 0.15) is 12.4 Å². The second kappa shape index (κ2) is 6.33. The molecule has 0 amide bonds. The smallest absolute Gasteiger partial charge is 0.119 e. The molecule has 0 saturated heterocycles. The maximum absolute atomic E-state index is 12.6. The third kappa shape index (κ3) is 2.47. The molecule has 3 aliphatic rings. The predicted octanol–water partition coefficient (Wildman–Crippen LogP) is 4.91. The summed E-state index contributed by atoms with van der Waals surface area (Å²) < 4.78 is 23.9. The summed E-state index contributed by atoms with van der Waals surface area (Å²) in [4.78, 5) is 0. The third-order valence-corrected chi connectivity index (χ3v) is 7.24. The van der Waals surface area contributed by atoms with E-state index in [1.807, 2.05) is 0 Å². The molecule has 1 aromatic carbocycles. The lowest BCUT2D eigenvalue weighted by atomic mass is 9.55. The van der Waals surface area contributed by atoms with Crippen molar-refractivity contribution in [2.75, 3.05) is 20.4 Å².